The molecule has 0 aliphatic carbocycles. The van der Waals surface area contributed by atoms with Crippen LogP contribution >= 0.6 is 11.8 Å². The average molecular weight is 284 g/mol. The lowest BCUT2D eigenvalue weighted by atomic mass is 10.00. The summed E-state index contributed by atoms with van der Waals surface area (Å²) in [5.74, 6) is 1.49. The van der Waals surface area contributed by atoms with E-state index in [2.05, 4.69) is 31.0 Å². The van der Waals surface area contributed by atoms with Crippen LogP contribution in [0.15, 0.2) is 0 Å². The summed E-state index contributed by atoms with van der Waals surface area (Å²) in [6.07, 6.45) is 6.00. The molecule has 2 aliphatic heterocycles. The molecule has 0 spiro atoms. The number of piperidine rings is 1. The van der Waals surface area contributed by atoms with E-state index in [1.54, 1.807) is 0 Å². The van der Waals surface area contributed by atoms with Crippen molar-refractivity contribution in [1.82, 2.24) is 10.2 Å². The van der Waals surface area contributed by atoms with Crippen molar-refractivity contribution in [2.75, 3.05) is 18.8 Å². The van der Waals surface area contributed by atoms with Crippen LogP contribution in [0.4, 0.5) is 0 Å². The van der Waals surface area contributed by atoms with Gasteiger partial charge in [-0.1, -0.05) is 6.42 Å². The first-order valence-electron chi connectivity index (χ1n) is 7.71. The zero-order chi connectivity index (χ0) is 13.9. The molecular weight excluding hydrogens is 256 g/mol. The number of hydrogen-bond acceptors (Lipinski definition) is 3. The summed E-state index contributed by atoms with van der Waals surface area (Å²) in [5.41, 5.74) is 0. The van der Waals surface area contributed by atoms with Gasteiger partial charge in [-0.25, -0.2) is 0 Å². The molecule has 2 heterocycles. The Labute approximate surface area is 121 Å². The van der Waals surface area contributed by atoms with Crippen molar-refractivity contribution in [2.45, 2.75) is 69.7 Å². The van der Waals surface area contributed by atoms with E-state index in [4.69, 9.17) is 0 Å². The predicted molar refractivity (Wildman–Crippen MR) is 82.6 cm³/mol. The van der Waals surface area contributed by atoms with Crippen molar-refractivity contribution >= 4 is 17.7 Å². The Morgan fingerprint density at radius 2 is 2.21 bits per heavy atom. The first-order chi connectivity index (χ1) is 9.03. The summed E-state index contributed by atoms with van der Waals surface area (Å²) in [6.45, 7) is 8.41. The molecule has 0 saturated carbocycles. The van der Waals surface area contributed by atoms with Crippen LogP contribution in [0.1, 0.15) is 52.9 Å². The Bertz CT molecular complexity index is 307. The minimum absolute atomic E-state index is 0.168. The average Bonchev–Trinajstić information content (AvgIpc) is 2.84. The minimum Gasteiger partial charge on any atom is -0.338 e. The van der Waals surface area contributed by atoms with E-state index >= 15 is 0 Å². The molecule has 0 radical (unpaired) electrons. The summed E-state index contributed by atoms with van der Waals surface area (Å²) in [5, 5.41) is 3.56. The molecule has 2 rings (SSSR count). The molecular formula is C15H28N2OS. The van der Waals surface area contributed by atoms with E-state index in [1.165, 1.54) is 25.7 Å². The summed E-state index contributed by atoms with van der Waals surface area (Å²) in [6, 6.07) is 0.796. The highest BCUT2D eigenvalue weighted by atomic mass is 32.2. The second kappa shape index (κ2) is 6.49. The van der Waals surface area contributed by atoms with Crippen LogP contribution in [0, 0.1) is 0 Å². The van der Waals surface area contributed by atoms with Crippen molar-refractivity contribution in [1.29, 1.82) is 0 Å². The first kappa shape index (κ1) is 15.2. The maximum atomic E-state index is 12.9. The molecule has 3 nitrogen and oxygen atoms in total. The third kappa shape index (κ3) is 3.66. The Hall–Kier alpha value is -0.220. The number of rotatable bonds is 4. The number of thioether (sulfide) groups is 1. The van der Waals surface area contributed by atoms with Crippen LogP contribution < -0.4 is 5.32 Å². The second-order valence-electron chi connectivity index (χ2n) is 6.38. The number of carbonyl (C=O) groups is 1. The third-order valence-corrected chi connectivity index (χ3v) is 5.89. The predicted octanol–water partition coefficient (Wildman–Crippen LogP) is 2.65. The molecule has 4 heteroatoms. The largest absolute Gasteiger partial charge is 0.338 e. The van der Waals surface area contributed by atoms with E-state index in [0.29, 0.717) is 18.0 Å². The summed E-state index contributed by atoms with van der Waals surface area (Å²) in [7, 11) is 0. The highest BCUT2D eigenvalue weighted by molar-refractivity contribution is 8.01. The monoisotopic (exact) mass is 284 g/mol. The first-order valence-corrected chi connectivity index (χ1v) is 8.70. The third-order valence-electron chi connectivity index (χ3n) is 4.38. The fraction of sp³-hybridized carbons (Fsp3) is 0.933. The Balaban J connectivity index is 2.00. The molecule has 1 N–H and O–H groups in total. The molecule has 2 saturated heterocycles. The van der Waals surface area contributed by atoms with E-state index in [9.17, 15) is 4.79 Å². The zero-order valence-corrected chi connectivity index (χ0v) is 13.4. The van der Waals surface area contributed by atoms with Crippen LogP contribution in [-0.4, -0.2) is 46.5 Å². The van der Waals surface area contributed by atoms with Gasteiger partial charge >= 0.3 is 0 Å². The van der Waals surface area contributed by atoms with Gasteiger partial charge in [0.1, 0.15) is 0 Å². The van der Waals surface area contributed by atoms with Crippen LogP contribution in [-0.2, 0) is 4.79 Å². The fourth-order valence-electron chi connectivity index (χ4n) is 3.10. The molecule has 0 aromatic carbocycles. The van der Waals surface area contributed by atoms with E-state index in [-0.39, 0.29) is 4.75 Å². The maximum Gasteiger partial charge on any atom is 0.238 e. The standard InChI is InChI=1S/C15H28N2OS/c1-12(2)17(11-13-7-4-5-9-16-13)14(18)15(3)8-6-10-19-15/h12-13,16H,4-11H2,1-3H3. The topological polar surface area (TPSA) is 32.3 Å². The molecule has 2 unspecified atom stereocenters. The van der Waals surface area contributed by atoms with Crippen molar-refractivity contribution in [2.24, 2.45) is 0 Å². The van der Waals surface area contributed by atoms with E-state index in [1.807, 2.05) is 11.8 Å². The van der Waals surface area contributed by atoms with Gasteiger partial charge in [0.05, 0.1) is 4.75 Å². The van der Waals surface area contributed by atoms with Gasteiger partial charge in [0.15, 0.2) is 0 Å². The van der Waals surface area contributed by atoms with Gasteiger partial charge in [-0.05, 0) is 58.8 Å². The lowest BCUT2D eigenvalue weighted by Crippen LogP contribution is -2.53. The molecule has 0 bridgehead atoms. The van der Waals surface area contributed by atoms with Gasteiger partial charge in [-0.2, -0.15) is 0 Å². The quantitative estimate of drug-likeness (QED) is 0.861. The normalized spacial score (nSPS) is 31.7. The van der Waals surface area contributed by atoms with Crippen molar-refractivity contribution in [3.63, 3.8) is 0 Å². The van der Waals surface area contributed by atoms with Crippen LogP contribution in [0.2, 0.25) is 0 Å². The maximum absolute atomic E-state index is 12.9. The van der Waals surface area contributed by atoms with Crippen molar-refractivity contribution in [3.8, 4) is 0 Å². The van der Waals surface area contributed by atoms with Gasteiger partial charge < -0.3 is 10.2 Å². The molecule has 0 aromatic heterocycles. The molecule has 19 heavy (non-hydrogen) atoms. The van der Waals surface area contributed by atoms with Crippen LogP contribution in [0.5, 0.6) is 0 Å². The van der Waals surface area contributed by atoms with E-state index < -0.39 is 0 Å². The number of carbonyl (C=O) groups excluding carboxylic acids is 1. The number of amides is 1. The Morgan fingerprint density at radius 3 is 2.74 bits per heavy atom. The summed E-state index contributed by atoms with van der Waals surface area (Å²) >= 11 is 1.85. The van der Waals surface area contributed by atoms with Gasteiger partial charge in [-0.3, -0.25) is 4.79 Å². The van der Waals surface area contributed by atoms with Crippen molar-refractivity contribution < 1.29 is 4.79 Å². The smallest absolute Gasteiger partial charge is 0.238 e. The zero-order valence-electron chi connectivity index (χ0n) is 12.6. The molecule has 2 aliphatic rings. The highest BCUT2D eigenvalue weighted by Crippen LogP contribution is 2.39. The summed E-state index contributed by atoms with van der Waals surface area (Å²) < 4.78 is -0.168. The number of nitrogens with one attached hydrogen (secondary N) is 1. The van der Waals surface area contributed by atoms with Gasteiger partial charge in [0.2, 0.25) is 5.91 Å². The number of nitrogens with zero attached hydrogens (tertiary/aromatic N) is 1. The van der Waals surface area contributed by atoms with Gasteiger partial charge in [0.25, 0.3) is 0 Å². The SMILES string of the molecule is CC(C)N(CC1CCCCN1)C(=O)C1(C)CCCS1. The van der Waals surface area contributed by atoms with Crippen molar-refractivity contribution in [3.05, 3.63) is 0 Å². The lowest BCUT2D eigenvalue weighted by Gasteiger charge is -2.37. The molecule has 110 valence electrons. The number of hydrogen-bond donors (Lipinski definition) is 1. The van der Waals surface area contributed by atoms with E-state index in [0.717, 1.165) is 25.3 Å². The Kier molecular flexibility index (Phi) is 5.18. The fourth-order valence-corrected chi connectivity index (χ4v) is 4.37. The molecule has 2 fully saturated rings. The van der Waals surface area contributed by atoms with Crippen LogP contribution in [0.3, 0.4) is 0 Å². The highest BCUT2D eigenvalue weighted by Gasteiger charge is 2.41. The Morgan fingerprint density at radius 1 is 1.42 bits per heavy atom. The lowest BCUT2D eigenvalue weighted by molar-refractivity contribution is -0.135. The van der Waals surface area contributed by atoms with Crippen LogP contribution in [0.25, 0.3) is 0 Å². The second-order valence-corrected chi connectivity index (χ2v) is 7.98. The molecule has 1 amide bonds. The molecule has 0 aromatic rings. The molecule has 2 atom stereocenters. The minimum atomic E-state index is -0.168. The van der Waals surface area contributed by atoms with Gasteiger partial charge in [0, 0.05) is 18.6 Å². The summed E-state index contributed by atoms with van der Waals surface area (Å²) in [4.78, 5) is 15.0. The van der Waals surface area contributed by atoms with Gasteiger partial charge in [-0.15, -0.1) is 11.8 Å².